The quantitative estimate of drug-likeness (QED) is 0.568. The molecule has 0 bridgehead atoms. The Morgan fingerprint density at radius 2 is 1.97 bits per heavy atom. The van der Waals surface area contributed by atoms with Gasteiger partial charge in [-0.3, -0.25) is 9.59 Å². The third kappa shape index (κ3) is 5.42. The van der Waals surface area contributed by atoms with Gasteiger partial charge in [-0.1, -0.05) is 25.4 Å². The molecule has 0 radical (unpaired) electrons. The highest BCUT2D eigenvalue weighted by Gasteiger charge is 2.35. The number of carbonyl (C=O) groups is 2. The summed E-state index contributed by atoms with van der Waals surface area (Å²) in [6.45, 7) is 5.64. The van der Waals surface area contributed by atoms with E-state index in [4.69, 9.17) is 16.3 Å². The minimum Gasteiger partial charge on any atom is -0.491 e. The number of carbonyl (C=O) groups excluding carboxylic acids is 2. The van der Waals surface area contributed by atoms with Crippen LogP contribution in [0.25, 0.3) is 0 Å². The van der Waals surface area contributed by atoms with E-state index in [1.807, 2.05) is 30.9 Å². The maximum atomic E-state index is 13.4. The molecule has 1 saturated carbocycles. The van der Waals surface area contributed by atoms with Crippen molar-refractivity contribution in [2.45, 2.75) is 39.2 Å². The average Bonchev–Trinajstić information content (AvgIpc) is 3.44. The van der Waals surface area contributed by atoms with Crippen molar-refractivity contribution in [3.05, 3.63) is 51.2 Å². The van der Waals surface area contributed by atoms with E-state index in [0.29, 0.717) is 30.6 Å². The third-order valence-electron chi connectivity index (χ3n) is 5.94. The summed E-state index contributed by atoms with van der Waals surface area (Å²) in [5, 5.41) is 2.74. The van der Waals surface area contributed by atoms with Gasteiger partial charge in [-0.05, 0) is 66.5 Å². The molecule has 2 aliphatic rings. The summed E-state index contributed by atoms with van der Waals surface area (Å²) in [5.41, 5.74) is 1.16. The maximum absolute atomic E-state index is 13.4. The van der Waals surface area contributed by atoms with Crippen molar-refractivity contribution in [3.8, 4) is 5.75 Å². The number of nitrogens with zero attached hydrogens (tertiary/aromatic N) is 2. The van der Waals surface area contributed by atoms with Gasteiger partial charge in [0.2, 0.25) is 11.8 Å². The van der Waals surface area contributed by atoms with Crippen LogP contribution in [0.1, 0.15) is 43.2 Å². The Balaban J connectivity index is 1.49. The number of hydrogen-bond donors (Lipinski definition) is 0. The molecule has 1 aromatic heterocycles. The van der Waals surface area contributed by atoms with E-state index < -0.39 is 0 Å². The Bertz CT molecular complexity index is 923. The SMILES string of the molecule is CC(C)C(=O)N(CC(=O)N1CCc2sccc2[C@H]1COc1ccc(Cl)cc1)CC1CC1. The Kier molecular flexibility index (Phi) is 6.87. The topological polar surface area (TPSA) is 49.9 Å². The summed E-state index contributed by atoms with van der Waals surface area (Å²) in [4.78, 5) is 31.1. The zero-order chi connectivity index (χ0) is 22.0. The zero-order valence-electron chi connectivity index (χ0n) is 18.1. The van der Waals surface area contributed by atoms with Crippen LogP contribution in [-0.4, -0.2) is 47.9 Å². The first-order chi connectivity index (χ1) is 14.9. The standard InChI is InChI=1S/C24H29ClN2O3S/c1-16(2)24(29)26(13-17-3-4-17)14-23(28)27-11-9-22-20(10-12-31-22)21(27)15-30-19-7-5-18(25)6-8-19/h5-8,10,12,16-17,21H,3-4,9,11,13-15H2,1-2H3/t21-/m1/s1. The van der Waals surface area contributed by atoms with E-state index in [0.717, 1.165) is 30.6 Å². The highest BCUT2D eigenvalue weighted by molar-refractivity contribution is 7.10. The molecule has 4 rings (SSSR count). The second-order valence-electron chi connectivity index (χ2n) is 8.73. The lowest BCUT2D eigenvalue weighted by Gasteiger charge is -2.37. The van der Waals surface area contributed by atoms with Crippen LogP contribution < -0.4 is 4.74 Å². The first-order valence-electron chi connectivity index (χ1n) is 10.9. The van der Waals surface area contributed by atoms with Crippen molar-refractivity contribution in [3.63, 3.8) is 0 Å². The Hall–Kier alpha value is -2.05. The van der Waals surface area contributed by atoms with Gasteiger partial charge >= 0.3 is 0 Å². The molecule has 1 aliphatic carbocycles. The first kappa shape index (κ1) is 22.2. The lowest BCUT2D eigenvalue weighted by Crippen LogP contribution is -2.49. The molecule has 2 heterocycles. The van der Waals surface area contributed by atoms with Gasteiger partial charge in [0.1, 0.15) is 12.4 Å². The molecule has 31 heavy (non-hydrogen) atoms. The fourth-order valence-electron chi connectivity index (χ4n) is 4.04. The van der Waals surface area contributed by atoms with Gasteiger partial charge in [-0.25, -0.2) is 0 Å². The Morgan fingerprint density at radius 3 is 2.65 bits per heavy atom. The molecule has 5 nitrogen and oxygen atoms in total. The van der Waals surface area contributed by atoms with Crippen LogP contribution in [0.2, 0.25) is 5.02 Å². The lowest BCUT2D eigenvalue weighted by molar-refractivity contribution is -0.144. The molecule has 0 unspecified atom stereocenters. The average molecular weight is 461 g/mol. The van der Waals surface area contributed by atoms with Crippen molar-refractivity contribution >= 4 is 34.8 Å². The number of hydrogen-bond acceptors (Lipinski definition) is 4. The van der Waals surface area contributed by atoms with Crippen LogP contribution in [-0.2, 0) is 16.0 Å². The minimum atomic E-state index is -0.157. The summed E-state index contributed by atoms with van der Waals surface area (Å²) in [6.07, 6.45) is 3.14. The second-order valence-corrected chi connectivity index (χ2v) is 10.2. The van der Waals surface area contributed by atoms with Crippen LogP contribution in [0.3, 0.4) is 0 Å². The molecule has 0 saturated heterocycles. The molecule has 166 valence electrons. The Morgan fingerprint density at radius 1 is 1.23 bits per heavy atom. The van der Waals surface area contributed by atoms with Gasteiger partial charge in [-0.15, -0.1) is 11.3 Å². The van der Waals surface area contributed by atoms with Gasteiger partial charge < -0.3 is 14.5 Å². The van der Waals surface area contributed by atoms with Crippen LogP contribution >= 0.6 is 22.9 Å². The lowest BCUT2D eigenvalue weighted by atomic mass is 10.00. The van der Waals surface area contributed by atoms with Gasteiger partial charge in [-0.2, -0.15) is 0 Å². The van der Waals surface area contributed by atoms with Gasteiger partial charge in [0, 0.05) is 28.9 Å². The predicted octanol–water partition coefficient (Wildman–Crippen LogP) is 4.80. The fraction of sp³-hybridized carbons (Fsp3) is 0.500. The molecule has 2 aromatic rings. The summed E-state index contributed by atoms with van der Waals surface area (Å²) in [5.74, 6) is 1.22. The molecular formula is C24H29ClN2O3S. The number of halogens is 1. The second kappa shape index (κ2) is 9.61. The minimum absolute atomic E-state index is 0.00351. The smallest absolute Gasteiger partial charge is 0.242 e. The maximum Gasteiger partial charge on any atom is 0.242 e. The predicted molar refractivity (Wildman–Crippen MR) is 124 cm³/mol. The van der Waals surface area contributed by atoms with E-state index in [1.54, 1.807) is 28.4 Å². The normalized spacial score (nSPS) is 18.1. The largest absolute Gasteiger partial charge is 0.491 e. The molecule has 0 spiro atoms. The molecule has 7 heteroatoms. The van der Waals surface area contributed by atoms with Crippen LogP contribution in [0.5, 0.6) is 5.75 Å². The number of benzene rings is 1. The molecular weight excluding hydrogens is 432 g/mol. The Labute approximate surface area is 192 Å². The molecule has 0 N–H and O–H groups in total. The van der Waals surface area contributed by atoms with Crippen LogP contribution in [0.4, 0.5) is 0 Å². The van der Waals surface area contributed by atoms with Crippen molar-refractivity contribution in [2.75, 3.05) is 26.2 Å². The fourth-order valence-corrected chi connectivity index (χ4v) is 5.10. The van der Waals surface area contributed by atoms with E-state index in [-0.39, 0.29) is 30.3 Å². The number of amides is 2. The summed E-state index contributed by atoms with van der Waals surface area (Å²) in [6, 6.07) is 9.20. The van der Waals surface area contributed by atoms with Crippen molar-refractivity contribution in [1.29, 1.82) is 0 Å². The van der Waals surface area contributed by atoms with E-state index in [1.165, 1.54) is 4.88 Å². The molecule has 1 aliphatic heterocycles. The first-order valence-corrected chi connectivity index (χ1v) is 12.2. The molecule has 1 fully saturated rings. The van der Waals surface area contributed by atoms with E-state index in [2.05, 4.69) is 11.4 Å². The number of rotatable bonds is 8. The number of fused-ring (bicyclic) bond motifs is 1. The number of ether oxygens (including phenoxy) is 1. The summed E-state index contributed by atoms with van der Waals surface area (Å²) < 4.78 is 6.04. The van der Waals surface area contributed by atoms with Crippen molar-refractivity contribution in [1.82, 2.24) is 9.80 Å². The van der Waals surface area contributed by atoms with E-state index >= 15 is 0 Å². The van der Waals surface area contributed by atoms with Gasteiger partial charge in [0.15, 0.2) is 0 Å². The van der Waals surface area contributed by atoms with Crippen molar-refractivity contribution < 1.29 is 14.3 Å². The summed E-state index contributed by atoms with van der Waals surface area (Å²) >= 11 is 7.71. The van der Waals surface area contributed by atoms with Crippen LogP contribution in [0, 0.1) is 11.8 Å². The van der Waals surface area contributed by atoms with Crippen LogP contribution in [0.15, 0.2) is 35.7 Å². The third-order valence-corrected chi connectivity index (χ3v) is 7.19. The molecule has 1 aromatic carbocycles. The summed E-state index contributed by atoms with van der Waals surface area (Å²) in [7, 11) is 0. The van der Waals surface area contributed by atoms with E-state index in [9.17, 15) is 9.59 Å². The molecule has 1 atom stereocenters. The number of thiophene rings is 1. The van der Waals surface area contributed by atoms with Crippen molar-refractivity contribution in [2.24, 2.45) is 11.8 Å². The monoisotopic (exact) mass is 460 g/mol. The van der Waals surface area contributed by atoms with Gasteiger partial charge in [0.05, 0.1) is 12.6 Å². The zero-order valence-corrected chi connectivity index (χ0v) is 19.6. The highest BCUT2D eigenvalue weighted by Crippen LogP contribution is 2.35. The molecule has 2 amide bonds. The van der Waals surface area contributed by atoms with Gasteiger partial charge in [0.25, 0.3) is 0 Å². The highest BCUT2D eigenvalue weighted by atomic mass is 35.5.